The second-order valence-corrected chi connectivity index (χ2v) is 5.22. The summed E-state index contributed by atoms with van der Waals surface area (Å²) in [6.45, 7) is 2.70. The minimum atomic E-state index is -0.999. The molecule has 0 atom stereocenters. The van der Waals surface area contributed by atoms with E-state index >= 15 is 0 Å². The first-order valence-corrected chi connectivity index (χ1v) is 7.41. The van der Waals surface area contributed by atoms with Gasteiger partial charge in [-0.3, -0.25) is 0 Å². The summed E-state index contributed by atoms with van der Waals surface area (Å²) in [4.78, 5) is 11.1. The molecule has 0 aliphatic heterocycles. The maximum atomic E-state index is 11.1. The normalized spacial score (nSPS) is 11.3. The number of carboxylic acid groups (broad SMARTS) is 1. The van der Waals surface area contributed by atoms with Gasteiger partial charge in [-0.15, -0.1) is 0 Å². The molecule has 1 N–H and O–H groups in total. The molecule has 0 fully saturated rings. The molecular formula is C18H17ClO3. The zero-order valence-electron chi connectivity index (χ0n) is 12.3. The molecule has 0 amide bonds. The number of carbonyl (C=O) groups is 1. The summed E-state index contributed by atoms with van der Waals surface area (Å²) in [6.07, 6.45) is 2.13. The molecule has 0 saturated carbocycles. The first kappa shape index (κ1) is 16.1. The van der Waals surface area contributed by atoms with E-state index in [2.05, 4.69) is 0 Å². The van der Waals surface area contributed by atoms with Gasteiger partial charge in [-0.2, -0.15) is 0 Å². The van der Waals surface area contributed by atoms with Crippen LogP contribution in [0.2, 0.25) is 5.02 Å². The molecular weight excluding hydrogens is 300 g/mol. The highest BCUT2D eigenvalue weighted by Crippen LogP contribution is 2.27. The Balaban J connectivity index is 2.36. The fraction of sp³-hybridized carbons (Fsp3) is 0.167. The number of ether oxygens (including phenoxy) is 1. The van der Waals surface area contributed by atoms with E-state index in [1.165, 1.54) is 6.08 Å². The Morgan fingerprint density at radius 2 is 1.91 bits per heavy atom. The number of benzene rings is 2. The summed E-state index contributed by atoms with van der Waals surface area (Å²) in [5.74, 6) is -0.229. The molecule has 22 heavy (non-hydrogen) atoms. The monoisotopic (exact) mass is 316 g/mol. The van der Waals surface area contributed by atoms with Gasteiger partial charge in [0.2, 0.25) is 0 Å². The minimum Gasteiger partial charge on any atom is -0.494 e. The predicted molar refractivity (Wildman–Crippen MR) is 88.4 cm³/mol. The summed E-state index contributed by atoms with van der Waals surface area (Å²) in [5.41, 5.74) is 2.17. The molecule has 0 radical (unpaired) electrons. The Morgan fingerprint density at radius 3 is 2.50 bits per heavy atom. The van der Waals surface area contributed by atoms with Crippen LogP contribution in [0.4, 0.5) is 0 Å². The third kappa shape index (κ3) is 4.37. The standard InChI is InChI=1S/C18H17ClO3/c1-2-10-22-16-8-6-13(7-9-16)17(12-18(20)21)14-4-3-5-15(19)11-14/h3-9,11-12H,2,10H2,1H3,(H,20,21). The summed E-state index contributed by atoms with van der Waals surface area (Å²) in [5, 5.41) is 9.68. The van der Waals surface area contributed by atoms with Crippen LogP contribution in [0.25, 0.3) is 5.57 Å². The lowest BCUT2D eigenvalue weighted by Crippen LogP contribution is -1.97. The quantitative estimate of drug-likeness (QED) is 0.789. The topological polar surface area (TPSA) is 46.5 Å². The van der Waals surface area contributed by atoms with Crippen molar-refractivity contribution < 1.29 is 14.6 Å². The van der Waals surface area contributed by atoms with Gasteiger partial charge >= 0.3 is 5.97 Å². The van der Waals surface area contributed by atoms with E-state index in [0.717, 1.165) is 23.3 Å². The first-order valence-electron chi connectivity index (χ1n) is 7.04. The lowest BCUT2D eigenvalue weighted by atomic mass is 9.97. The van der Waals surface area contributed by atoms with Crippen LogP contribution in [0, 0.1) is 0 Å². The maximum Gasteiger partial charge on any atom is 0.328 e. The number of aliphatic carboxylic acids is 1. The Morgan fingerprint density at radius 1 is 1.18 bits per heavy atom. The molecule has 0 aromatic heterocycles. The summed E-state index contributed by atoms with van der Waals surface area (Å²) < 4.78 is 5.54. The van der Waals surface area contributed by atoms with E-state index < -0.39 is 5.97 Å². The Bertz CT molecular complexity index is 675. The van der Waals surface area contributed by atoms with Crippen molar-refractivity contribution in [1.29, 1.82) is 0 Å². The smallest absolute Gasteiger partial charge is 0.328 e. The van der Waals surface area contributed by atoms with E-state index in [4.69, 9.17) is 21.4 Å². The minimum absolute atomic E-state index is 0.566. The fourth-order valence-electron chi connectivity index (χ4n) is 2.06. The zero-order valence-corrected chi connectivity index (χ0v) is 13.0. The molecule has 3 nitrogen and oxygen atoms in total. The molecule has 2 aromatic rings. The van der Waals surface area contributed by atoms with E-state index in [0.29, 0.717) is 17.2 Å². The van der Waals surface area contributed by atoms with Gasteiger partial charge < -0.3 is 9.84 Å². The number of hydrogen-bond donors (Lipinski definition) is 1. The Hall–Kier alpha value is -2.26. The molecule has 2 aromatic carbocycles. The molecule has 114 valence electrons. The van der Waals surface area contributed by atoms with Crippen molar-refractivity contribution in [3.63, 3.8) is 0 Å². The van der Waals surface area contributed by atoms with Gasteiger partial charge in [0.25, 0.3) is 0 Å². The molecule has 2 rings (SSSR count). The number of carboxylic acids is 1. The van der Waals surface area contributed by atoms with Gasteiger partial charge in [-0.1, -0.05) is 42.8 Å². The van der Waals surface area contributed by atoms with Gasteiger partial charge in [-0.25, -0.2) is 4.79 Å². The van der Waals surface area contributed by atoms with Crippen LogP contribution in [0.3, 0.4) is 0 Å². The highest BCUT2D eigenvalue weighted by molar-refractivity contribution is 6.30. The average molecular weight is 317 g/mol. The van der Waals surface area contributed by atoms with Gasteiger partial charge in [0.1, 0.15) is 5.75 Å². The first-order chi connectivity index (χ1) is 10.6. The highest BCUT2D eigenvalue weighted by Gasteiger charge is 2.08. The van der Waals surface area contributed by atoms with Crippen molar-refractivity contribution in [1.82, 2.24) is 0 Å². The van der Waals surface area contributed by atoms with Crippen LogP contribution >= 0.6 is 11.6 Å². The summed E-state index contributed by atoms with van der Waals surface area (Å²) >= 11 is 6.00. The third-order valence-corrected chi connectivity index (χ3v) is 3.28. The van der Waals surface area contributed by atoms with E-state index in [9.17, 15) is 4.79 Å². The lowest BCUT2D eigenvalue weighted by Gasteiger charge is -2.10. The molecule has 0 heterocycles. The fourth-order valence-corrected chi connectivity index (χ4v) is 2.25. The average Bonchev–Trinajstić information content (AvgIpc) is 2.51. The molecule has 0 spiro atoms. The van der Waals surface area contributed by atoms with Gasteiger partial charge in [0.15, 0.2) is 0 Å². The third-order valence-electron chi connectivity index (χ3n) is 3.04. The van der Waals surface area contributed by atoms with Crippen molar-refractivity contribution in [2.24, 2.45) is 0 Å². The predicted octanol–water partition coefficient (Wildman–Crippen LogP) is 4.65. The van der Waals surface area contributed by atoms with Crippen molar-refractivity contribution in [2.75, 3.05) is 6.61 Å². The van der Waals surface area contributed by atoms with Gasteiger partial charge in [0, 0.05) is 11.1 Å². The largest absolute Gasteiger partial charge is 0.494 e. The van der Waals surface area contributed by atoms with Crippen LogP contribution in [-0.2, 0) is 4.79 Å². The number of rotatable bonds is 6. The number of hydrogen-bond acceptors (Lipinski definition) is 2. The van der Waals surface area contributed by atoms with Crippen LogP contribution in [-0.4, -0.2) is 17.7 Å². The maximum absolute atomic E-state index is 11.1. The van der Waals surface area contributed by atoms with E-state index in [1.807, 2.05) is 37.3 Å². The Labute approximate surface area is 134 Å². The van der Waals surface area contributed by atoms with Crippen LogP contribution in [0.15, 0.2) is 54.6 Å². The molecule has 0 saturated heterocycles. The molecule has 0 bridgehead atoms. The zero-order chi connectivity index (χ0) is 15.9. The molecule has 0 aliphatic carbocycles. The second-order valence-electron chi connectivity index (χ2n) is 4.78. The van der Waals surface area contributed by atoms with Crippen LogP contribution in [0.1, 0.15) is 24.5 Å². The van der Waals surface area contributed by atoms with Crippen molar-refractivity contribution in [2.45, 2.75) is 13.3 Å². The van der Waals surface area contributed by atoms with E-state index in [1.54, 1.807) is 18.2 Å². The SMILES string of the molecule is CCCOc1ccc(C(=CC(=O)O)c2cccc(Cl)c2)cc1. The van der Waals surface area contributed by atoms with Gasteiger partial charge in [-0.05, 0) is 47.4 Å². The lowest BCUT2D eigenvalue weighted by molar-refractivity contribution is -0.131. The Kier molecular flexibility index (Phi) is 5.61. The molecule has 0 aliphatic rings. The second kappa shape index (κ2) is 7.66. The summed E-state index contributed by atoms with van der Waals surface area (Å²) in [7, 11) is 0. The van der Waals surface area contributed by atoms with Crippen molar-refractivity contribution in [3.8, 4) is 5.75 Å². The van der Waals surface area contributed by atoms with Crippen molar-refractivity contribution in [3.05, 3.63) is 70.8 Å². The van der Waals surface area contributed by atoms with Crippen LogP contribution < -0.4 is 4.74 Å². The van der Waals surface area contributed by atoms with E-state index in [-0.39, 0.29) is 0 Å². The van der Waals surface area contributed by atoms with Crippen molar-refractivity contribution >= 4 is 23.1 Å². The number of halogens is 1. The van der Waals surface area contributed by atoms with Gasteiger partial charge in [0.05, 0.1) is 6.61 Å². The molecule has 4 heteroatoms. The summed E-state index contributed by atoms with van der Waals surface area (Å²) in [6, 6.07) is 14.5. The van der Waals surface area contributed by atoms with Crippen LogP contribution in [0.5, 0.6) is 5.75 Å². The molecule has 0 unspecified atom stereocenters. The highest BCUT2D eigenvalue weighted by atomic mass is 35.5.